The molecule has 0 atom stereocenters. The van der Waals surface area contributed by atoms with Gasteiger partial charge in [0.1, 0.15) is 5.69 Å². The Morgan fingerprint density at radius 3 is 2.48 bits per heavy atom. The quantitative estimate of drug-likeness (QED) is 0.682. The Labute approximate surface area is 147 Å². The zero-order valence-electron chi connectivity index (χ0n) is 14.9. The predicted molar refractivity (Wildman–Crippen MR) is 97.6 cm³/mol. The van der Waals surface area contributed by atoms with Crippen LogP contribution in [0.15, 0.2) is 54.7 Å². The molecule has 5 heteroatoms. The number of rotatable bonds is 4. The summed E-state index contributed by atoms with van der Waals surface area (Å²) in [5, 5.41) is 5.90. The molecule has 25 heavy (non-hydrogen) atoms. The molecule has 0 aliphatic rings. The highest BCUT2D eigenvalue weighted by Gasteiger charge is 2.22. The minimum Gasteiger partial charge on any atom is -0.274 e. The molecule has 5 nitrogen and oxygen atoms in total. The largest absolute Gasteiger partial charge is 0.281 e. The van der Waals surface area contributed by atoms with Crippen LogP contribution in [0, 0.1) is 13.8 Å². The summed E-state index contributed by atoms with van der Waals surface area (Å²) in [6.45, 7) is 4.07. The Kier molecular flexibility index (Phi) is 4.67. The summed E-state index contributed by atoms with van der Waals surface area (Å²) in [5.41, 5.74) is 5.23. The lowest BCUT2D eigenvalue weighted by Gasteiger charge is -2.13. The summed E-state index contributed by atoms with van der Waals surface area (Å²) in [6.07, 6.45) is 1.75. The molecule has 1 aromatic heterocycles. The van der Waals surface area contributed by atoms with Crippen molar-refractivity contribution in [1.82, 2.24) is 14.8 Å². The van der Waals surface area contributed by atoms with E-state index in [4.69, 9.17) is 9.94 Å². The number of carbonyl (C=O) groups excluding carboxylic acids is 1. The number of carbonyl (C=O) groups is 1. The number of benzene rings is 2. The third kappa shape index (κ3) is 3.32. The van der Waals surface area contributed by atoms with Gasteiger partial charge in [-0.2, -0.15) is 5.10 Å². The van der Waals surface area contributed by atoms with Gasteiger partial charge in [0, 0.05) is 18.8 Å². The molecule has 0 aliphatic carbocycles. The SMILES string of the molecule is CON(C)C(=O)c1cn(-c2ccccc2)nc1-c1ccc(C)cc1C. The highest BCUT2D eigenvalue weighted by molar-refractivity contribution is 5.99. The van der Waals surface area contributed by atoms with E-state index in [-0.39, 0.29) is 5.91 Å². The highest BCUT2D eigenvalue weighted by atomic mass is 16.7. The van der Waals surface area contributed by atoms with Gasteiger partial charge in [0.15, 0.2) is 0 Å². The van der Waals surface area contributed by atoms with Crippen molar-refractivity contribution in [3.8, 4) is 16.9 Å². The third-order valence-corrected chi connectivity index (χ3v) is 4.16. The van der Waals surface area contributed by atoms with Gasteiger partial charge in [-0.05, 0) is 31.5 Å². The number of amides is 1. The minimum absolute atomic E-state index is 0.236. The van der Waals surface area contributed by atoms with Crippen molar-refractivity contribution in [2.75, 3.05) is 14.2 Å². The molecular formula is C20H21N3O2. The van der Waals surface area contributed by atoms with Crippen LogP contribution in [0.3, 0.4) is 0 Å². The summed E-state index contributed by atoms with van der Waals surface area (Å²) in [7, 11) is 3.06. The van der Waals surface area contributed by atoms with Crippen LogP contribution >= 0.6 is 0 Å². The standard InChI is InChI=1S/C20H21N3O2/c1-14-10-11-17(15(2)12-14)19-18(20(24)22(3)25-4)13-23(21-19)16-8-6-5-7-9-16/h5-13H,1-4H3. The van der Waals surface area contributed by atoms with Crippen LogP contribution in [-0.4, -0.2) is 34.9 Å². The number of aromatic nitrogens is 2. The fourth-order valence-corrected chi connectivity index (χ4v) is 2.77. The molecule has 3 aromatic rings. The summed E-state index contributed by atoms with van der Waals surface area (Å²) >= 11 is 0. The first-order valence-electron chi connectivity index (χ1n) is 8.06. The topological polar surface area (TPSA) is 47.4 Å². The normalized spacial score (nSPS) is 10.7. The maximum atomic E-state index is 12.7. The number of nitrogens with zero attached hydrogens (tertiary/aromatic N) is 3. The first-order chi connectivity index (χ1) is 12.0. The maximum absolute atomic E-state index is 12.7. The van der Waals surface area contributed by atoms with E-state index in [9.17, 15) is 4.79 Å². The van der Waals surface area contributed by atoms with Gasteiger partial charge >= 0.3 is 0 Å². The Morgan fingerprint density at radius 2 is 1.84 bits per heavy atom. The van der Waals surface area contributed by atoms with Crippen LogP contribution in [-0.2, 0) is 4.84 Å². The van der Waals surface area contributed by atoms with Crippen molar-refractivity contribution in [3.63, 3.8) is 0 Å². The Morgan fingerprint density at radius 1 is 1.12 bits per heavy atom. The fraction of sp³-hybridized carbons (Fsp3) is 0.200. The second kappa shape index (κ2) is 6.91. The van der Waals surface area contributed by atoms with Crippen LogP contribution in [0.1, 0.15) is 21.5 Å². The van der Waals surface area contributed by atoms with Crippen molar-refractivity contribution in [2.45, 2.75) is 13.8 Å². The predicted octanol–water partition coefficient (Wildman–Crippen LogP) is 3.79. The number of hydrogen-bond acceptors (Lipinski definition) is 3. The lowest BCUT2D eigenvalue weighted by Crippen LogP contribution is -2.25. The molecule has 3 rings (SSSR count). The molecule has 0 radical (unpaired) electrons. The molecule has 2 aromatic carbocycles. The second-order valence-corrected chi connectivity index (χ2v) is 5.98. The minimum atomic E-state index is -0.236. The van der Waals surface area contributed by atoms with Gasteiger partial charge in [0.25, 0.3) is 5.91 Å². The molecule has 0 aliphatic heterocycles. The lowest BCUT2D eigenvalue weighted by atomic mass is 10.0. The molecule has 1 amide bonds. The fourth-order valence-electron chi connectivity index (χ4n) is 2.77. The average Bonchev–Trinajstić information content (AvgIpc) is 3.06. The van der Waals surface area contributed by atoms with Crippen molar-refractivity contribution < 1.29 is 9.63 Å². The maximum Gasteiger partial charge on any atom is 0.281 e. The van der Waals surface area contributed by atoms with E-state index >= 15 is 0 Å². The molecule has 1 heterocycles. The van der Waals surface area contributed by atoms with Gasteiger partial charge < -0.3 is 0 Å². The number of hydrogen-bond donors (Lipinski definition) is 0. The average molecular weight is 335 g/mol. The van der Waals surface area contributed by atoms with E-state index in [1.165, 1.54) is 17.7 Å². The Hall–Kier alpha value is -2.92. The number of aryl methyl sites for hydroxylation is 2. The second-order valence-electron chi connectivity index (χ2n) is 5.98. The van der Waals surface area contributed by atoms with Gasteiger partial charge in [0.05, 0.1) is 18.4 Å². The van der Waals surface area contributed by atoms with Gasteiger partial charge in [-0.25, -0.2) is 9.75 Å². The van der Waals surface area contributed by atoms with E-state index in [1.54, 1.807) is 17.9 Å². The Balaban J connectivity index is 2.18. The van der Waals surface area contributed by atoms with E-state index in [2.05, 4.69) is 6.07 Å². The molecule has 0 spiro atoms. The van der Waals surface area contributed by atoms with E-state index in [1.807, 2.05) is 56.3 Å². The third-order valence-electron chi connectivity index (χ3n) is 4.16. The summed E-state index contributed by atoms with van der Waals surface area (Å²) < 4.78 is 1.73. The van der Waals surface area contributed by atoms with Crippen LogP contribution in [0.25, 0.3) is 16.9 Å². The van der Waals surface area contributed by atoms with Crippen molar-refractivity contribution in [2.24, 2.45) is 0 Å². The van der Waals surface area contributed by atoms with E-state index in [0.717, 1.165) is 16.8 Å². The summed E-state index contributed by atoms with van der Waals surface area (Å²) in [6, 6.07) is 15.9. The molecule has 0 bridgehead atoms. The van der Waals surface area contributed by atoms with Gasteiger partial charge in [-0.3, -0.25) is 9.63 Å². The zero-order chi connectivity index (χ0) is 18.0. The molecule has 0 saturated carbocycles. The zero-order valence-corrected chi connectivity index (χ0v) is 14.9. The van der Waals surface area contributed by atoms with E-state index < -0.39 is 0 Å². The van der Waals surface area contributed by atoms with Crippen molar-refractivity contribution in [3.05, 3.63) is 71.4 Å². The van der Waals surface area contributed by atoms with Crippen LogP contribution in [0.5, 0.6) is 0 Å². The lowest BCUT2D eigenvalue weighted by molar-refractivity contribution is -0.0756. The molecule has 0 saturated heterocycles. The molecule has 0 unspecified atom stereocenters. The molecule has 0 N–H and O–H groups in total. The molecular weight excluding hydrogens is 314 g/mol. The first-order valence-corrected chi connectivity index (χ1v) is 8.06. The van der Waals surface area contributed by atoms with Gasteiger partial charge in [-0.1, -0.05) is 42.0 Å². The first kappa shape index (κ1) is 16.9. The van der Waals surface area contributed by atoms with Crippen LogP contribution in [0.2, 0.25) is 0 Å². The number of hydroxylamine groups is 2. The highest BCUT2D eigenvalue weighted by Crippen LogP contribution is 2.28. The summed E-state index contributed by atoms with van der Waals surface area (Å²) in [5.74, 6) is -0.236. The smallest absolute Gasteiger partial charge is 0.274 e. The summed E-state index contributed by atoms with van der Waals surface area (Å²) in [4.78, 5) is 17.8. The van der Waals surface area contributed by atoms with Crippen LogP contribution in [0.4, 0.5) is 0 Å². The van der Waals surface area contributed by atoms with Crippen molar-refractivity contribution in [1.29, 1.82) is 0 Å². The van der Waals surface area contributed by atoms with Gasteiger partial charge in [0.2, 0.25) is 0 Å². The Bertz CT molecular complexity index is 901. The van der Waals surface area contributed by atoms with Gasteiger partial charge in [-0.15, -0.1) is 0 Å². The van der Waals surface area contributed by atoms with Crippen LogP contribution < -0.4 is 0 Å². The monoisotopic (exact) mass is 335 g/mol. The van der Waals surface area contributed by atoms with E-state index in [0.29, 0.717) is 11.3 Å². The number of para-hydroxylation sites is 1. The molecule has 0 fully saturated rings. The molecule has 128 valence electrons. The van der Waals surface area contributed by atoms with Crippen molar-refractivity contribution >= 4 is 5.91 Å².